The number of hydrogen-bond donors (Lipinski definition) is 1. The molecular weight excluding hydrogens is 261 g/mol. The van der Waals surface area contributed by atoms with Crippen LogP contribution in [0.25, 0.3) is 0 Å². The molecule has 0 saturated heterocycles. The van der Waals surface area contributed by atoms with Crippen LogP contribution in [0.15, 0.2) is 35.0 Å². The molecule has 1 unspecified atom stereocenters. The van der Waals surface area contributed by atoms with Crippen LogP contribution in [0.2, 0.25) is 10.0 Å². The first-order valence-corrected chi connectivity index (χ1v) is 6.59. The number of thiophene rings is 1. The molecule has 4 heteroatoms. The van der Waals surface area contributed by atoms with Crippen molar-refractivity contribution in [1.82, 2.24) is 0 Å². The lowest BCUT2D eigenvalue weighted by Crippen LogP contribution is -2.14. The number of nitrogens with two attached hydrogens (primary N) is 1. The second-order valence-electron chi connectivity index (χ2n) is 3.58. The van der Waals surface area contributed by atoms with E-state index in [-0.39, 0.29) is 6.04 Å². The van der Waals surface area contributed by atoms with E-state index in [1.165, 1.54) is 5.56 Å². The zero-order chi connectivity index (χ0) is 11.5. The van der Waals surface area contributed by atoms with Crippen molar-refractivity contribution in [2.24, 2.45) is 5.73 Å². The van der Waals surface area contributed by atoms with Gasteiger partial charge in [0.25, 0.3) is 0 Å². The maximum Gasteiger partial charge on any atom is 0.0468 e. The molecule has 1 nitrogen and oxygen atoms in total. The molecule has 1 heterocycles. The van der Waals surface area contributed by atoms with E-state index in [9.17, 15) is 0 Å². The van der Waals surface area contributed by atoms with Crippen LogP contribution in [0.4, 0.5) is 0 Å². The van der Waals surface area contributed by atoms with Crippen molar-refractivity contribution in [3.05, 3.63) is 56.2 Å². The summed E-state index contributed by atoms with van der Waals surface area (Å²) in [6, 6.07) is 7.36. The Morgan fingerprint density at radius 2 is 1.88 bits per heavy atom. The second-order valence-corrected chi connectivity index (χ2v) is 5.17. The monoisotopic (exact) mass is 271 g/mol. The van der Waals surface area contributed by atoms with Crippen LogP contribution in [-0.2, 0) is 6.42 Å². The zero-order valence-electron chi connectivity index (χ0n) is 8.49. The van der Waals surface area contributed by atoms with Crippen molar-refractivity contribution in [2.75, 3.05) is 0 Å². The summed E-state index contributed by atoms with van der Waals surface area (Å²) in [6.07, 6.45) is 0.757. The molecule has 0 bridgehead atoms. The number of rotatable bonds is 3. The Morgan fingerprint density at radius 1 is 1.19 bits per heavy atom. The third-order valence-electron chi connectivity index (χ3n) is 2.41. The molecule has 0 saturated carbocycles. The number of benzene rings is 1. The van der Waals surface area contributed by atoms with Crippen LogP contribution < -0.4 is 5.73 Å². The van der Waals surface area contributed by atoms with E-state index in [2.05, 4.69) is 11.4 Å². The second kappa shape index (κ2) is 5.19. The fourth-order valence-corrected chi connectivity index (χ4v) is 2.99. The largest absolute Gasteiger partial charge is 0.324 e. The Kier molecular flexibility index (Phi) is 3.87. The van der Waals surface area contributed by atoms with Crippen molar-refractivity contribution in [1.29, 1.82) is 0 Å². The van der Waals surface area contributed by atoms with Gasteiger partial charge in [0.1, 0.15) is 0 Å². The van der Waals surface area contributed by atoms with Gasteiger partial charge in [-0.2, -0.15) is 11.3 Å². The Hall–Kier alpha value is -0.540. The minimum absolute atomic E-state index is 0.157. The molecule has 2 N–H and O–H groups in total. The van der Waals surface area contributed by atoms with Crippen LogP contribution in [0, 0.1) is 0 Å². The quantitative estimate of drug-likeness (QED) is 0.885. The van der Waals surface area contributed by atoms with E-state index in [0.717, 1.165) is 12.0 Å². The van der Waals surface area contributed by atoms with Gasteiger partial charge in [0.05, 0.1) is 0 Å². The molecule has 0 fully saturated rings. The van der Waals surface area contributed by atoms with Gasteiger partial charge in [-0.1, -0.05) is 29.3 Å². The van der Waals surface area contributed by atoms with Crippen LogP contribution >= 0.6 is 34.5 Å². The average molecular weight is 272 g/mol. The molecule has 0 aliphatic heterocycles. The van der Waals surface area contributed by atoms with Crippen molar-refractivity contribution < 1.29 is 0 Å². The summed E-state index contributed by atoms with van der Waals surface area (Å²) in [5, 5.41) is 5.39. The molecule has 1 aromatic heterocycles. The van der Waals surface area contributed by atoms with Gasteiger partial charge >= 0.3 is 0 Å². The number of halogens is 2. The smallest absolute Gasteiger partial charge is 0.0468 e. The van der Waals surface area contributed by atoms with Crippen LogP contribution in [0.5, 0.6) is 0 Å². The molecule has 0 aliphatic rings. The first-order chi connectivity index (χ1) is 7.68. The molecule has 0 amide bonds. The molecule has 2 aromatic rings. The Balaban J connectivity index is 2.24. The van der Waals surface area contributed by atoms with Crippen LogP contribution in [-0.4, -0.2) is 0 Å². The summed E-state index contributed by atoms with van der Waals surface area (Å²) >= 11 is 13.9. The highest BCUT2D eigenvalue weighted by atomic mass is 35.5. The summed E-state index contributed by atoms with van der Waals surface area (Å²) < 4.78 is 0. The molecule has 16 heavy (non-hydrogen) atoms. The minimum Gasteiger partial charge on any atom is -0.324 e. The summed E-state index contributed by atoms with van der Waals surface area (Å²) in [5.74, 6) is 0. The Bertz CT molecular complexity index is 448. The van der Waals surface area contributed by atoms with Crippen molar-refractivity contribution in [3.63, 3.8) is 0 Å². The van der Waals surface area contributed by atoms with E-state index in [4.69, 9.17) is 28.9 Å². The van der Waals surface area contributed by atoms with Crippen LogP contribution in [0.1, 0.15) is 17.2 Å². The highest BCUT2D eigenvalue weighted by Gasteiger charge is 2.14. The maximum absolute atomic E-state index is 6.12. The molecule has 84 valence electrons. The lowest BCUT2D eigenvalue weighted by molar-refractivity contribution is 0.724. The molecular formula is C12H11Cl2NS. The van der Waals surface area contributed by atoms with Gasteiger partial charge in [-0.15, -0.1) is 0 Å². The first kappa shape index (κ1) is 11.9. The molecule has 1 atom stereocenters. The van der Waals surface area contributed by atoms with E-state index >= 15 is 0 Å². The average Bonchev–Trinajstić information content (AvgIpc) is 2.70. The normalized spacial score (nSPS) is 12.7. The minimum atomic E-state index is -0.157. The van der Waals surface area contributed by atoms with E-state index in [0.29, 0.717) is 10.0 Å². The van der Waals surface area contributed by atoms with Crippen LogP contribution in [0.3, 0.4) is 0 Å². The van der Waals surface area contributed by atoms with Crippen molar-refractivity contribution in [2.45, 2.75) is 12.5 Å². The topological polar surface area (TPSA) is 26.0 Å². The van der Waals surface area contributed by atoms with Gasteiger partial charge in [-0.25, -0.2) is 0 Å². The maximum atomic E-state index is 6.12. The lowest BCUT2D eigenvalue weighted by atomic mass is 10.0. The third kappa shape index (κ3) is 2.58. The van der Waals surface area contributed by atoms with E-state index in [1.807, 2.05) is 23.6 Å². The zero-order valence-corrected chi connectivity index (χ0v) is 10.8. The van der Waals surface area contributed by atoms with Gasteiger partial charge in [-0.3, -0.25) is 0 Å². The Morgan fingerprint density at radius 3 is 2.44 bits per heavy atom. The predicted octanol–water partition coefficient (Wildman–Crippen LogP) is 4.30. The van der Waals surface area contributed by atoms with Crippen molar-refractivity contribution >= 4 is 34.5 Å². The van der Waals surface area contributed by atoms with E-state index < -0.39 is 0 Å². The van der Waals surface area contributed by atoms with Gasteiger partial charge in [0, 0.05) is 21.7 Å². The fourth-order valence-electron chi connectivity index (χ4n) is 1.63. The van der Waals surface area contributed by atoms with Crippen molar-refractivity contribution in [3.8, 4) is 0 Å². The summed E-state index contributed by atoms with van der Waals surface area (Å²) in [6.45, 7) is 0. The highest BCUT2D eigenvalue weighted by Crippen LogP contribution is 2.30. The van der Waals surface area contributed by atoms with Gasteiger partial charge in [-0.05, 0) is 40.9 Å². The molecule has 0 radical (unpaired) electrons. The SMILES string of the molecule is NC(Cc1ccsc1)c1c(Cl)cccc1Cl. The summed E-state index contributed by atoms with van der Waals surface area (Å²) in [7, 11) is 0. The summed E-state index contributed by atoms with van der Waals surface area (Å²) in [5.41, 5.74) is 8.17. The molecule has 1 aromatic carbocycles. The van der Waals surface area contributed by atoms with Gasteiger partial charge in [0.2, 0.25) is 0 Å². The predicted molar refractivity (Wildman–Crippen MR) is 71.4 cm³/mol. The summed E-state index contributed by atoms with van der Waals surface area (Å²) in [4.78, 5) is 0. The highest BCUT2D eigenvalue weighted by molar-refractivity contribution is 7.07. The third-order valence-corrected chi connectivity index (χ3v) is 3.80. The van der Waals surface area contributed by atoms with E-state index in [1.54, 1.807) is 11.3 Å². The molecule has 0 aliphatic carbocycles. The Labute approximate surface area is 109 Å². The first-order valence-electron chi connectivity index (χ1n) is 4.89. The molecule has 0 spiro atoms. The van der Waals surface area contributed by atoms with Gasteiger partial charge in [0.15, 0.2) is 0 Å². The molecule has 2 rings (SSSR count). The lowest BCUT2D eigenvalue weighted by Gasteiger charge is -2.14. The number of hydrogen-bond acceptors (Lipinski definition) is 2. The standard InChI is InChI=1S/C12H11Cl2NS/c13-9-2-1-3-10(14)12(9)11(15)6-8-4-5-16-7-8/h1-5,7,11H,6,15H2. The fraction of sp³-hybridized carbons (Fsp3) is 0.167. The van der Waals surface area contributed by atoms with Gasteiger partial charge < -0.3 is 5.73 Å².